The minimum absolute atomic E-state index is 1.09. The van der Waals surface area contributed by atoms with Crippen LogP contribution in [-0.2, 0) is 0 Å². The predicted octanol–water partition coefficient (Wildman–Crippen LogP) is 14.4. The highest BCUT2D eigenvalue weighted by atomic mass is 32.1. The Labute approximate surface area is 336 Å². The van der Waals surface area contributed by atoms with Crippen molar-refractivity contribution in [2.24, 2.45) is 0 Å². The number of aromatic nitrogens is 4. The number of thiophene rings is 1. The molecule has 0 amide bonds. The van der Waals surface area contributed by atoms with Crippen molar-refractivity contribution in [1.82, 2.24) is 18.7 Å². The van der Waals surface area contributed by atoms with E-state index in [0.717, 1.165) is 22.4 Å². The van der Waals surface area contributed by atoms with E-state index in [0.29, 0.717) is 0 Å². The third kappa shape index (κ3) is 4.31. The summed E-state index contributed by atoms with van der Waals surface area (Å²) in [6.07, 6.45) is 3.89. The molecule has 0 fully saturated rings. The van der Waals surface area contributed by atoms with Crippen molar-refractivity contribution >= 4 is 96.9 Å². The van der Waals surface area contributed by atoms with Gasteiger partial charge in [-0.2, -0.15) is 0 Å². The van der Waals surface area contributed by atoms with Crippen molar-refractivity contribution in [3.63, 3.8) is 0 Å². The van der Waals surface area contributed by atoms with E-state index < -0.39 is 0 Å². The van der Waals surface area contributed by atoms with E-state index in [1.165, 1.54) is 91.4 Å². The van der Waals surface area contributed by atoms with Gasteiger partial charge in [0.05, 0.1) is 49.7 Å². The Bertz CT molecular complexity index is 3790. The van der Waals surface area contributed by atoms with E-state index in [1.807, 2.05) is 23.7 Å². The molecule has 0 saturated carbocycles. The first-order valence-electron chi connectivity index (χ1n) is 19.7. The molecular weight excluding hydrogens is 725 g/mol. The molecule has 0 saturated heterocycles. The maximum absolute atomic E-state index is 4.57. The molecule has 5 heterocycles. The second-order valence-electron chi connectivity index (χ2n) is 15.1. The molecule has 0 aliphatic carbocycles. The van der Waals surface area contributed by atoms with Gasteiger partial charge in [0.15, 0.2) is 0 Å². The van der Waals surface area contributed by atoms with Crippen molar-refractivity contribution in [2.45, 2.75) is 0 Å². The zero-order chi connectivity index (χ0) is 37.9. The van der Waals surface area contributed by atoms with Gasteiger partial charge < -0.3 is 13.7 Å². The first-order chi connectivity index (χ1) is 28.8. The summed E-state index contributed by atoms with van der Waals surface area (Å²) in [4.78, 5) is 4.57. The zero-order valence-electron chi connectivity index (χ0n) is 31.2. The average molecular weight is 757 g/mol. The molecule has 0 unspecified atom stereocenters. The number of hydrogen-bond donors (Lipinski definition) is 0. The maximum Gasteiger partial charge on any atom is 0.0789 e. The van der Waals surface area contributed by atoms with Gasteiger partial charge in [-0.25, -0.2) is 0 Å². The van der Waals surface area contributed by atoms with Crippen LogP contribution in [0.4, 0.5) is 0 Å². The van der Waals surface area contributed by atoms with Crippen LogP contribution in [0.2, 0.25) is 0 Å². The van der Waals surface area contributed by atoms with Crippen molar-refractivity contribution in [2.75, 3.05) is 0 Å². The highest BCUT2D eigenvalue weighted by Gasteiger charge is 2.24. The van der Waals surface area contributed by atoms with Gasteiger partial charge in [-0.05, 0) is 65.7 Å². The van der Waals surface area contributed by atoms with Crippen LogP contribution in [0.15, 0.2) is 194 Å². The van der Waals surface area contributed by atoms with Gasteiger partial charge in [-0.15, -0.1) is 11.3 Å². The lowest BCUT2D eigenvalue weighted by Crippen LogP contribution is -1.99. The first-order valence-corrected chi connectivity index (χ1v) is 20.5. The smallest absolute Gasteiger partial charge is 0.0789 e. The first kappa shape index (κ1) is 31.7. The SMILES string of the molecule is c1ccc(-c2cccc3c2sc2c(-n4c5ccccc5c5ccc6c7ccccc7n(-c7ccc8c(c7)c7ccncc7n8-c7ccccc7)c6c54)cccc23)cc1. The van der Waals surface area contributed by atoms with Crippen LogP contribution in [0.5, 0.6) is 0 Å². The Balaban J connectivity index is 1.16. The van der Waals surface area contributed by atoms with Crippen LogP contribution in [-0.4, -0.2) is 18.7 Å². The highest BCUT2D eigenvalue weighted by Crippen LogP contribution is 2.47. The number of fused-ring (bicyclic) bond motifs is 13. The minimum atomic E-state index is 1.09. The largest absolute Gasteiger partial charge is 0.308 e. The normalized spacial score (nSPS) is 12.1. The molecular formula is C53H32N4S. The van der Waals surface area contributed by atoms with Gasteiger partial charge in [-0.1, -0.05) is 127 Å². The molecule has 0 N–H and O–H groups in total. The van der Waals surface area contributed by atoms with Crippen LogP contribution in [0, 0.1) is 0 Å². The molecule has 13 rings (SSSR count). The third-order valence-corrected chi connectivity index (χ3v) is 13.4. The summed E-state index contributed by atoms with van der Waals surface area (Å²) in [7, 11) is 0. The number of pyridine rings is 1. The van der Waals surface area contributed by atoms with Crippen molar-refractivity contribution in [1.29, 1.82) is 0 Å². The van der Waals surface area contributed by atoms with E-state index in [9.17, 15) is 0 Å². The lowest BCUT2D eigenvalue weighted by atomic mass is 10.0. The second kappa shape index (κ2) is 12.0. The molecule has 5 aromatic heterocycles. The molecule has 0 aliphatic heterocycles. The van der Waals surface area contributed by atoms with Gasteiger partial charge in [-0.3, -0.25) is 4.98 Å². The average Bonchev–Trinajstić information content (AvgIpc) is 4.03. The summed E-state index contributed by atoms with van der Waals surface area (Å²) >= 11 is 1.90. The van der Waals surface area contributed by atoms with E-state index >= 15 is 0 Å². The molecule has 0 radical (unpaired) electrons. The Morgan fingerprint density at radius 2 is 0.966 bits per heavy atom. The Morgan fingerprint density at radius 1 is 0.362 bits per heavy atom. The Hall–Kier alpha value is -7.47. The third-order valence-electron chi connectivity index (χ3n) is 12.1. The van der Waals surface area contributed by atoms with Crippen LogP contribution in [0.25, 0.3) is 114 Å². The number of para-hydroxylation sites is 3. The van der Waals surface area contributed by atoms with E-state index in [1.54, 1.807) is 0 Å². The molecule has 0 spiro atoms. The standard InChI is InChI=1S/C53H32N4S/c1-3-13-33(14-4-1)36-19-11-20-42-43-21-12-24-48(53(43)58-52(36)42)57-46-23-10-8-18-38(46)41-27-26-40-37-17-7-9-22-45(37)56(50(40)51(41)57)35-25-28-47-44(31-35)39-29-30-54-32-49(39)55(47)34-15-5-2-6-16-34/h1-32H. The van der Waals surface area contributed by atoms with Gasteiger partial charge >= 0.3 is 0 Å². The monoisotopic (exact) mass is 756 g/mol. The van der Waals surface area contributed by atoms with Crippen molar-refractivity contribution in [3.8, 4) is 28.2 Å². The molecule has 0 aliphatic rings. The molecule has 8 aromatic carbocycles. The summed E-state index contributed by atoms with van der Waals surface area (Å²) in [5.74, 6) is 0. The van der Waals surface area contributed by atoms with E-state index in [4.69, 9.17) is 0 Å². The van der Waals surface area contributed by atoms with Crippen LogP contribution in [0.1, 0.15) is 0 Å². The van der Waals surface area contributed by atoms with Crippen molar-refractivity contribution in [3.05, 3.63) is 194 Å². The molecule has 5 heteroatoms. The fraction of sp³-hybridized carbons (Fsp3) is 0. The fourth-order valence-electron chi connectivity index (χ4n) is 9.70. The molecule has 4 nitrogen and oxygen atoms in total. The number of rotatable bonds is 4. The summed E-state index contributed by atoms with van der Waals surface area (Å²) in [6, 6.07) is 66.6. The van der Waals surface area contributed by atoms with Crippen LogP contribution < -0.4 is 0 Å². The van der Waals surface area contributed by atoms with Gasteiger partial charge in [0.25, 0.3) is 0 Å². The second-order valence-corrected chi connectivity index (χ2v) is 16.2. The van der Waals surface area contributed by atoms with E-state index in [2.05, 4.69) is 201 Å². The highest BCUT2D eigenvalue weighted by molar-refractivity contribution is 7.26. The van der Waals surface area contributed by atoms with E-state index in [-0.39, 0.29) is 0 Å². The molecule has 58 heavy (non-hydrogen) atoms. The lowest BCUT2D eigenvalue weighted by molar-refractivity contribution is 1.15. The fourth-order valence-corrected chi connectivity index (χ4v) is 11.0. The van der Waals surface area contributed by atoms with Crippen LogP contribution >= 0.6 is 11.3 Å². The Morgan fingerprint density at radius 3 is 1.74 bits per heavy atom. The van der Waals surface area contributed by atoms with Gasteiger partial charge in [0.1, 0.15) is 0 Å². The summed E-state index contributed by atoms with van der Waals surface area (Å²) in [6.45, 7) is 0. The summed E-state index contributed by atoms with van der Waals surface area (Å²) in [5, 5.41) is 9.91. The van der Waals surface area contributed by atoms with Gasteiger partial charge in [0, 0.05) is 65.4 Å². The molecule has 0 atom stereocenters. The topological polar surface area (TPSA) is 27.7 Å². The zero-order valence-corrected chi connectivity index (χ0v) is 32.0. The Kier molecular flexibility index (Phi) is 6.57. The minimum Gasteiger partial charge on any atom is -0.308 e. The number of benzene rings is 8. The number of nitrogens with zero attached hydrogens (tertiary/aromatic N) is 4. The van der Waals surface area contributed by atoms with Crippen molar-refractivity contribution < 1.29 is 0 Å². The summed E-state index contributed by atoms with van der Waals surface area (Å²) in [5.41, 5.74) is 13.0. The maximum atomic E-state index is 4.57. The van der Waals surface area contributed by atoms with Crippen LogP contribution in [0.3, 0.4) is 0 Å². The molecule has 270 valence electrons. The molecule has 13 aromatic rings. The molecule has 0 bridgehead atoms. The summed E-state index contributed by atoms with van der Waals surface area (Å²) < 4.78 is 9.99. The lowest BCUT2D eigenvalue weighted by Gasteiger charge is -2.14. The predicted molar refractivity (Wildman–Crippen MR) is 246 cm³/mol. The number of hydrogen-bond acceptors (Lipinski definition) is 2. The quantitative estimate of drug-likeness (QED) is 0.176. The van der Waals surface area contributed by atoms with Gasteiger partial charge in [0.2, 0.25) is 0 Å².